The topological polar surface area (TPSA) is 37.3 Å². The average molecular weight is 372 g/mol. The van der Waals surface area contributed by atoms with Crippen molar-refractivity contribution in [3.63, 3.8) is 0 Å². The van der Waals surface area contributed by atoms with Crippen molar-refractivity contribution in [3.05, 3.63) is 68.9 Å². The van der Waals surface area contributed by atoms with Gasteiger partial charge < -0.3 is 5.11 Å². The molecule has 1 atom stereocenters. The first-order chi connectivity index (χ1) is 9.95. The summed E-state index contributed by atoms with van der Waals surface area (Å²) in [6.45, 7) is 0. The molecule has 2 rings (SSSR count). The van der Waals surface area contributed by atoms with Gasteiger partial charge in [-0.05, 0) is 48.2 Å². The molecule has 0 aliphatic carbocycles. The van der Waals surface area contributed by atoms with E-state index < -0.39 is 17.7 Å². The molecule has 0 saturated heterocycles. The third-order valence-corrected chi connectivity index (χ3v) is 4.05. The van der Waals surface area contributed by atoms with Crippen molar-refractivity contribution in [1.82, 2.24) is 0 Å². The van der Waals surface area contributed by atoms with Gasteiger partial charge in [0.25, 0.3) is 0 Å². The lowest BCUT2D eigenvalue weighted by atomic mass is 9.92. The van der Waals surface area contributed by atoms with Crippen LogP contribution in [0.2, 0.25) is 5.02 Å². The van der Waals surface area contributed by atoms with Crippen LogP contribution in [0.25, 0.3) is 0 Å². The molecule has 0 bridgehead atoms. The first-order valence-corrected chi connectivity index (χ1v) is 7.54. The lowest BCUT2D eigenvalue weighted by Crippen LogP contribution is -2.19. The zero-order chi connectivity index (χ0) is 15.4. The van der Waals surface area contributed by atoms with E-state index in [1.165, 1.54) is 12.1 Å². The Morgan fingerprint density at radius 1 is 1.14 bits per heavy atom. The molecule has 0 aliphatic heterocycles. The fourth-order valence-electron chi connectivity index (χ4n) is 2.10. The van der Waals surface area contributed by atoms with Crippen LogP contribution < -0.4 is 0 Å². The highest BCUT2D eigenvalue weighted by atomic mass is 79.9. The van der Waals surface area contributed by atoms with Crippen molar-refractivity contribution in [3.8, 4) is 0 Å². The van der Waals surface area contributed by atoms with Crippen molar-refractivity contribution < 1.29 is 14.3 Å². The Morgan fingerprint density at radius 3 is 2.29 bits per heavy atom. The van der Waals surface area contributed by atoms with Crippen molar-refractivity contribution >= 4 is 33.5 Å². The van der Waals surface area contributed by atoms with E-state index in [1.807, 2.05) is 24.3 Å². The summed E-state index contributed by atoms with van der Waals surface area (Å²) >= 11 is 8.97. The number of benzene rings is 2. The van der Waals surface area contributed by atoms with Gasteiger partial charge in [0.2, 0.25) is 0 Å². The van der Waals surface area contributed by atoms with Gasteiger partial charge >= 0.3 is 5.97 Å². The average Bonchev–Trinajstić information content (AvgIpc) is 2.44. The summed E-state index contributed by atoms with van der Waals surface area (Å²) in [5.41, 5.74) is 1.56. The second kappa shape index (κ2) is 7.05. The Hall–Kier alpha value is -1.39. The number of rotatable bonds is 5. The van der Waals surface area contributed by atoms with Gasteiger partial charge in [-0.25, -0.2) is 4.39 Å². The molecule has 0 spiro atoms. The van der Waals surface area contributed by atoms with Crippen LogP contribution in [0.15, 0.2) is 46.9 Å². The molecule has 5 heteroatoms. The van der Waals surface area contributed by atoms with Gasteiger partial charge in [-0.2, -0.15) is 0 Å². The zero-order valence-electron chi connectivity index (χ0n) is 11.0. The molecular formula is C16H13BrClFO2. The minimum atomic E-state index is -0.895. The van der Waals surface area contributed by atoms with Gasteiger partial charge in [-0.3, -0.25) is 4.79 Å². The molecule has 21 heavy (non-hydrogen) atoms. The monoisotopic (exact) mass is 370 g/mol. The van der Waals surface area contributed by atoms with Crippen LogP contribution in [0.1, 0.15) is 11.1 Å². The maximum atomic E-state index is 13.4. The second-order valence-electron chi connectivity index (χ2n) is 4.82. The highest BCUT2D eigenvalue weighted by Gasteiger charge is 2.19. The molecule has 2 aromatic rings. The van der Waals surface area contributed by atoms with Crippen LogP contribution in [-0.2, 0) is 17.6 Å². The zero-order valence-corrected chi connectivity index (χ0v) is 13.4. The standard InChI is InChI=1S/C16H13BrClFO2/c17-13-4-1-10(2-5-13)7-12(16(20)21)8-11-3-6-14(18)15(19)9-11/h1-6,9,12H,7-8H2,(H,20,21). The van der Waals surface area contributed by atoms with Crippen LogP contribution >= 0.6 is 27.5 Å². The summed E-state index contributed by atoms with van der Waals surface area (Å²) in [5, 5.41) is 9.39. The number of halogens is 3. The Bertz CT molecular complexity index is 643. The number of aliphatic carboxylic acids is 1. The normalized spacial score (nSPS) is 12.1. The van der Waals surface area contributed by atoms with E-state index in [9.17, 15) is 14.3 Å². The fourth-order valence-corrected chi connectivity index (χ4v) is 2.48. The molecule has 0 aromatic heterocycles. The Morgan fingerprint density at radius 2 is 1.71 bits per heavy atom. The van der Waals surface area contributed by atoms with Crippen molar-refractivity contribution in [1.29, 1.82) is 0 Å². The molecule has 0 fully saturated rings. The van der Waals surface area contributed by atoms with Crippen molar-refractivity contribution in [2.24, 2.45) is 5.92 Å². The Kier molecular flexibility index (Phi) is 5.37. The minimum absolute atomic E-state index is 0.0403. The van der Waals surface area contributed by atoms with Gasteiger partial charge in [-0.15, -0.1) is 0 Å². The molecule has 2 aromatic carbocycles. The van der Waals surface area contributed by atoms with Crippen LogP contribution in [0.5, 0.6) is 0 Å². The van der Waals surface area contributed by atoms with Crippen LogP contribution in [0, 0.1) is 11.7 Å². The molecule has 2 nitrogen and oxygen atoms in total. The smallest absolute Gasteiger partial charge is 0.307 e. The van der Waals surface area contributed by atoms with Crippen LogP contribution in [0.3, 0.4) is 0 Å². The first kappa shape index (κ1) is 16.0. The minimum Gasteiger partial charge on any atom is -0.481 e. The molecule has 110 valence electrons. The van der Waals surface area contributed by atoms with E-state index in [1.54, 1.807) is 6.07 Å². The van der Waals surface area contributed by atoms with Crippen molar-refractivity contribution in [2.75, 3.05) is 0 Å². The maximum absolute atomic E-state index is 13.4. The lowest BCUT2D eigenvalue weighted by Gasteiger charge is -2.13. The largest absolute Gasteiger partial charge is 0.481 e. The van der Waals surface area contributed by atoms with Gasteiger partial charge in [0.1, 0.15) is 5.82 Å². The SMILES string of the molecule is O=C(O)C(Cc1ccc(Br)cc1)Cc1ccc(Cl)c(F)c1. The Labute approximate surface area is 135 Å². The molecule has 0 amide bonds. The fraction of sp³-hybridized carbons (Fsp3) is 0.188. The van der Waals surface area contributed by atoms with Gasteiger partial charge in [0.15, 0.2) is 0 Å². The van der Waals surface area contributed by atoms with Crippen LogP contribution in [0.4, 0.5) is 4.39 Å². The summed E-state index contributed by atoms with van der Waals surface area (Å²) in [6.07, 6.45) is 0.659. The van der Waals surface area contributed by atoms with Crippen molar-refractivity contribution in [2.45, 2.75) is 12.8 Å². The number of carboxylic acid groups (broad SMARTS) is 1. The van der Waals surface area contributed by atoms with Crippen LogP contribution in [-0.4, -0.2) is 11.1 Å². The number of carbonyl (C=O) groups is 1. The summed E-state index contributed by atoms with van der Waals surface area (Å²) in [4.78, 5) is 11.4. The molecule has 1 N–H and O–H groups in total. The van der Waals surface area contributed by atoms with E-state index in [-0.39, 0.29) is 11.4 Å². The van der Waals surface area contributed by atoms with E-state index in [4.69, 9.17) is 11.6 Å². The molecule has 0 radical (unpaired) electrons. The predicted molar refractivity (Wildman–Crippen MR) is 84.1 cm³/mol. The Balaban J connectivity index is 2.13. The third-order valence-electron chi connectivity index (χ3n) is 3.21. The van der Waals surface area contributed by atoms with Gasteiger partial charge in [0.05, 0.1) is 10.9 Å². The molecule has 1 unspecified atom stereocenters. The molecular weight excluding hydrogens is 359 g/mol. The number of hydrogen-bond donors (Lipinski definition) is 1. The quantitative estimate of drug-likeness (QED) is 0.825. The molecule has 0 saturated carbocycles. The van der Waals surface area contributed by atoms with E-state index in [2.05, 4.69) is 15.9 Å². The highest BCUT2D eigenvalue weighted by Crippen LogP contribution is 2.21. The third kappa shape index (κ3) is 4.55. The van der Waals surface area contributed by atoms with E-state index in [0.717, 1.165) is 10.0 Å². The second-order valence-corrected chi connectivity index (χ2v) is 6.14. The highest BCUT2D eigenvalue weighted by molar-refractivity contribution is 9.10. The lowest BCUT2D eigenvalue weighted by molar-refractivity contribution is -0.141. The first-order valence-electron chi connectivity index (χ1n) is 6.37. The summed E-state index contributed by atoms with van der Waals surface area (Å²) < 4.78 is 14.4. The molecule has 0 aliphatic rings. The number of hydrogen-bond acceptors (Lipinski definition) is 1. The van der Waals surface area contributed by atoms with Gasteiger partial charge in [-0.1, -0.05) is 45.7 Å². The predicted octanol–water partition coefficient (Wildman–Crippen LogP) is 4.73. The van der Waals surface area contributed by atoms with E-state index >= 15 is 0 Å². The maximum Gasteiger partial charge on any atom is 0.307 e. The number of carboxylic acids is 1. The summed E-state index contributed by atoms with van der Waals surface area (Å²) in [5.74, 6) is -2.03. The summed E-state index contributed by atoms with van der Waals surface area (Å²) in [7, 11) is 0. The molecule has 0 heterocycles. The van der Waals surface area contributed by atoms with E-state index in [0.29, 0.717) is 12.0 Å². The van der Waals surface area contributed by atoms with Gasteiger partial charge in [0, 0.05) is 4.47 Å². The summed E-state index contributed by atoms with van der Waals surface area (Å²) in [6, 6.07) is 11.9.